The molecule has 1 fully saturated rings. The predicted molar refractivity (Wildman–Crippen MR) is 82.4 cm³/mol. The van der Waals surface area contributed by atoms with E-state index in [1.54, 1.807) is 12.0 Å². The Kier molecular flexibility index (Phi) is 4.28. The Labute approximate surface area is 133 Å². The van der Waals surface area contributed by atoms with Crippen molar-refractivity contribution in [3.05, 3.63) is 65.2 Å². The number of amides is 1. The molecule has 0 radical (unpaired) electrons. The highest BCUT2D eigenvalue weighted by atomic mass is 19.1. The molecule has 1 unspecified atom stereocenters. The summed E-state index contributed by atoms with van der Waals surface area (Å²) in [5.74, 6) is -1.12. The number of likely N-dealkylation sites (tertiary alicyclic amines) is 1. The smallest absolute Gasteiger partial charge is 0.254 e. The summed E-state index contributed by atoms with van der Waals surface area (Å²) < 4.78 is 32.0. The molecule has 2 aromatic rings. The van der Waals surface area contributed by atoms with Crippen molar-refractivity contribution >= 4 is 5.91 Å². The van der Waals surface area contributed by atoms with Gasteiger partial charge in [0.1, 0.15) is 17.4 Å². The Balaban J connectivity index is 1.90. The van der Waals surface area contributed by atoms with Gasteiger partial charge in [0.05, 0.1) is 13.2 Å². The SMILES string of the molecule is COc1cccc(C2CCCN2C(=O)c2cc(F)cc(F)c2)c1. The van der Waals surface area contributed by atoms with Crippen LogP contribution >= 0.6 is 0 Å². The number of rotatable bonds is 3. The second-order valence-electron chi connectivity index (χ2n) is 5.59. The van der Waals surface area contributed by atoms with Crippen molar-refractivity contribution in [1.29, 1.82) is 0 Å². The van der Waals surface area contributed by atoms with Crippen molar-refractivity contribution in [1.82, 2.24) is 4.90 Å². The van der Waals surface area contributed by atoms with E-state index in [9.17, 15) is 13.6 Å². The highest BCUT2D eigenvalue weighted by molar-refractivity contribution is 5.94. The number of carbonyl (C=O) groups is 1. The molecule has 2 aromatic carbocycles. The molecule has 0 N–H and O–H groups in total. The molecule has 1 heterocycles. The quantitative estimate of drug-likeness (QED) is 0.858. The topological polar surface area (TPSA) is 29.5 Å². The average Bonchev–Trinajstić information content (AvgIpc) is 3.03. The van der Waals surface area contributed by atoms with E-state index in [1.165, 1.54) is 0 Å². The van der Waals surface area contributed by atoms with E-state index >= 15 is 0 Å². The number of methoxy groups -OCH3 is 1. The number of halogens is 2. The first-order valence-corrected chi connectivity index (χ1v) is 7.49. The van der Waals surface area contributed by atoms with Gasteiger partial charge in [-0.15, -0.1) is 0 Å². The minimum Gasteiger partial charge on any atom is -0.497 e. The van der Waals surface area contributed by atoms with Crippen LogP contribution in [0.25, 0.3) is 0 Å². The zero-order valence-corrected chi connectivity index (χ0v) is 12.8. The van der Waals surface area contributed by atoms with Crippen LogP contribution in [-0.4, -0.2) is 24.5 Å². The van der Waals surface area contributed by atoms with E-state index in [0.717, 1.165) is 42.4 Å². The molecule has 0 saturated carbocycles. The van der Waals surface area contributed by atoms with E-state index in [4.69, 9.17) is 4.74 Å². The first-order chi connectivity index (χ1) is 11.1. The lowest BCUT2D eigenvalue weighted by molar-refractivity contribution is 0.0734. The molecular formula is C18H17F2NO2. The first-order valence-electron chi connectivity index (χ1n) is 7.49. The zero-order valence-electron chi connectivity index (χ0n) is 12.8. The number of hydrogen-bond acceptors (Lipinski definition) is 2. The molecule has 1 aliphatic rings. The lowest BCUT2D eigenvalue weighted by atomic mass is 10.0. The van der Waals surface area contributed by atoms with Crippen LogP contribution in [0.1, 0.15) is 34.8 Å². The lowest BCUT2D eigenvalue weighted by Crippen LogP contribution is -2.30. The zero-order chi connectivity index (χ0) is 16.4. The van der Waals surface area contributed by atoms with Crippen molar-refractivity contribution in [2.45, 2.75) is 18.9 Å². The largest absolute Gasteiger partial charge is 0.497 e. The molecule has 0 bridgehead atoms. The standard InChI is InChI=1S/C18H17F2NO2/c1-23-16-5-2-4-12(10-16)17-6-3-7-21(17)18(22)13-8-14(19)11-15(20)9-13/h2,4-5,8-11,17H,3,6-7H2,1H3. The first kappa shape index (κ1) is 15.5. The fourth-order valence-corrected chi connectivity index (χ4v) is 3.05. The summed E-state index contributed by atoms with van der Waals surface area (Å²) in [6, 6.07) is 10.3. The fourth-order valence-electron chi connectivity index (χ4n) is 3.05. The molecule has 5 heteroatoms. The molecule has 1 aliphatic heterocycles. The van der Waals surface area contributed by atoms with Crippen molar-refractivity contribution in [2.24, 2.45) is 0 Å². The number of ether oxygens (including phenoxy) is 1. The van der Waals surface area contributed by atoms with Gasteiger partial charge in [-0.3, -0.25) is 4.79 Å². The lowest BCUT2D eigenvalue weighted by Gasteiger charge is -2.25. The molecule has 0 aliphatic carbocycles. The van der Waals surface area contributed by atoms with Gasteiger partial charge >= 0.3 is 0 Å². The van der Waals surface area contributed by atoms with Crippen LogP contribution in [0.4, 0.5) is 8.78 Å². The van der Waals surface area contributed by atoms with Gasteiger partial charge in [-0.05, 0) is 42.7 Å². The third-order valence-corrected chi connectivity index (χ3v) is 4.10. The van der Waals surface area contributed by atoms with E-state index in [-0.39, 0.29) is 17.5 Å². The Morgan fingerprint density at radius 1 is 1.17 bits per heavy atom. The van der Waals surface area contributed by atoms with E-state index in [2.05, 4.69) is 0 Å². The minimum absolute atomic E-state index is 0.0392. The monoisotopic (exact) mass is 317 g/mol. The van der Waals surface area contributed by atoms with Crippen molar-refractivity contribution in [2.75, 3.05) is 13.7 Å². The molecule has 23 heavy (non-hydrogen) atoms. The number of hydrogen-bond donors (Lipinski definition) is 0. The summed E-state index contributed by atoms with van der Waals surface area (Å²) in [5, 5.41) is 0. The molecule has 0 aromatic heterocycles. The second-order valence-corrected chi connectivity index (χ2v) is 5.59. The van der Waals surface area contributed by atoms with Crippen LogP contribution in [0.15, 0.2) is 42.5 Å². The molecule has 3 nitrogen and oxygen atoms in total. The number of carbonyl (C=O) groups excluding carboxylic acids is 1. The number of nitrogens with zero attached hydrogens (tertiary/aromatic N) is 1. The van der Waals surface area contributed by atoms with Crippen LogP contribution in [0.5, 0.6) is 5.75 Å². The Morgan fingerprint density at radius 3 is 2.61 bits per heavy atom. The van der Waals surface area contributed by atoms with Gasteiger partial charge in [0.2, 0.25) is 0 Å². The van der Waals surface area contributed by atoms with E-state index in [0.29, 0.717) is 6.54 Å². The highest BCUT2D eigenvalue weighted by Gasteiger charge is 2.31. The summed E-state index contributed by atoms with van der Waals surface area (Å²) in [6.45, 7) is 0.568. The Hall–Kier alpha value is -2.43. The summed E-state index contributed by atoms with van der Waals surface area (Å²) in [5.41, 5.74) is 1.00. The maximum atomic E-state index is 13.4. The minimum atomic E-state index is -0.745. The summed E-state index contributed by atoms with van der Waals surface area (Å²) in [4.78, 5) is 14.3. The summed E-state index contributed by atoms with van der Waals surface area (Å²) >= 11 is 0. The third-order valence-electron chi connectivity index (χ3n) is 4.10. The number of benzene rings is 2. The van der Waals surface area contributed by atoms with Crippen LogP contribution in [0.2, 0.25) is 0 Å². The maximum Gasteiger partial charge on any atom is 0.254 e. The molecule has 120 valence electrons. The molecule has 0 spiro atoms. The van der Waals surface area contributed by atoms with Gasteiger partial charge in [0.25, 0.3) is 5.91 Å². The average molecular weight is 317 g/mol. The highest BCUT2D eigenvalue weighted by Crippen LogP contribution is 2.34. The van der Waals surface area contributed by atoms with Crippen LogP contribution < -0.4 is 4.74 Å². The van der Waals surface area contributed by atoms with Crippen molar-refractivity contribution in [3.63, 3.8) is 0 Å². The Bertz CT molecular complexity index is 712. The third kappa shape index (κ3) is 3.18. The molecule has 1 amide bonds. The normalized spacial score (nSPS) is 17.3. The summed E-state index contributed by atoms with van der Waals surface area (Å²) in [6.07, 6.45) is 1.67. The fraction of sp³-hybridized carbons (Fsp3) is 0.278. The van der Waals surface area contributed by atoms with Gasteiger partial charge < -0.3 is 9.64 Å². The molecular weight excluding hydrogens is 300 g/mol. The van der Waals surface area contributed by atoms with Gasteiger partial charge in [0.15, 0.2) is 0 Å². The van der Waals surface area contributed by atoms with Crippen LogP contribution in [0, 0.1) is 11.6 Å². The van der Waals surface area contributed by atoms with Crippen LogP contribution in [0.3, 0.4) is 0 Å². The van der Waals surface area contributed by atoms with Crippen LogP contribution in [-0.2, 0) is 0 Å². The van der Waals surface area contributed by atoms with Gasteiger partial charge in [-0.2, -0.15) is 0 Å². The summed E-state index contributed by atoms with van der Waals surface area (Å²) in [7, 11) is 1.59. The molecule has 1 atom stereocenters. The predicted octanol–water partition coefficient (Wildman–Crippen LogP) is 3.95. The van der Waals surface area contributed by atoms with Gasteiger partial charge in [-0.25, -0.2) is 8.78 Å². The molecule has 1 saturated heterocycles. The van der Waals surface area contributed by atoms with Crippen molar-refractivity contribution in [3.8, 4) is 5.75 Å². The molecule has 3 rings (SSSR count). The van der Waals surface area contributed by atoms with E-state index in [1.807, 2.05) is 24.3 Å². The Morgan fingerprint density at radius 2 is 1.91 bits per heavy atom. The van der Waals surface area contributed by atoms with Crippen molar-refractivity contribution < 1.29 is 18.3 Å². The second kappa shape index (κ2) is 6.36. The van der Waals surface area contributed by atoms with E-state index < -0.39 is 11.6 Å². The maximum absolute atomic E-state index is 13.4. The van der Waals surface area contributed by atoms with Gasteiger partial charge in [-0.1, -0.05) is 12.1 Å². The van der Waals surface area contributed by atoms with Gasteiger partial charge in [0, 0.05) is 18.2 Å².